The van der Waals surface area contributed by atoms with E-state index < -0.39 is 17.1 Å². The lowest BCUT2D eigenvalue weighted by Gasteiger charge is -2.17. The molecule has 0 spiro atoms. The molecule has 1 aromatic heterocycles. The van der Waals surface area contributed by atoms with Gasteiger partial charge in [-0.15, -0.1) is 23.1 Å². The van der Waals surface area contributed by atoms with Crippen molar-refractivity contribution in [3.8, 4) is 23.3 Å². The van der Waals surface area contributed by atoms with Gasteiger partial charge in [-0.25, -0.2) is 0 Å². The Morgan fingerprint density at radius 1 is 0.980 bits per heavy atom. The third kappa shape index (κ3) is 8.48. The highest BCUT2D eigenvalue weighted by Crippen LogP contribution is 2.40. The molecular weight excluding hydrogens is 673 g/mol. The van der Waals surface area contributed by atoms with E-state index in [-0.39, 0.29) is 11.6 Å². The number of nitrogens with zero attached hydrogens (tertiary/aromatic N) is 1. The van der Waals surface area contributed by atoms with Gasteiger partial charge < -0.3 is 30.2 Å². The molecule has 1 aliphatic carbocycles. The summed E-state index contributed by atoms with van der Waals surface area (Å²) in [7, 11) is 4.48. The molecular formula is C38H38N4O6S2. The first-order chi connectivity index (χ1) is 24.1. The minimum absolute atomic E-state index is 0.0275. The van der Waals surface area contributed by atoms with Crippen molar-refractivity contribution in [1.29, 1.82) is 5.26 Å². The molecule has 0 saturated heterocycles. The van der Waals surface area contributed by atoms with Crippen LogP contribution in [-0.4, -0.2) is 44.3 Å². The van der Waals surface area contributed by atoms with Crippen molar-refractivity contribution in [3.63, 3.8) is 0 Å². The van der Waals surface area contributed by atoms with E-state index in [1.165, 1.54) is 55.4 Å². The molecule has 2 atom stereocenters. The average molecular weight is 711 g/mol. The summed E-state index contributed by atoms with van der Waals surface area (Å²) in [5.74, 6) is 0.449. The molecule has 4 aromatic rings. The van der Waals surface area contributed by atoms with Gasteiger partial charge in [0.1, 0.15) is 16.8 Å². The second-order valence-corrected chi connectivity index (χ2v) is 14.3. The molecule has 3 amide bonds. The van der Waals surface area contributed by atoms with E-state index in [9.17, 15) is 19.6 Å². The van der Waals surface area contributed by atoms with Gasteiger partial charge in [0.2, 0.25) is 11.7 Å². The molecule has 1 aliphatic rings. The van der Waals surface area contributed by atoms with Crippen LogP contribution in [0.25, 0.3) is 6.08 Å². The van der Waals surface area contributed by atoms with Crippen LogP contribution in [-0.2, 0) is 22.4 Å². The number of fused-ring (bicyclic) bond motifs is 1. The molecule has 5 rings (SSSR count). The van der Waals surface area contributed by atoms with E-state index in [0.717, 1.165) is 29.7 Å². The molecule has 258 valence electrons. The number of hydrogen-bond acceptors (Lipinski definition) is 9. The van der Waals surface area contributed by atoms with Crippen molar-refractivity contribution in [2.75, 3.05) is 32.0 Å². The maximum Gasteiger partial charge on any atom is 0.272 e. The summed E-state index contributed by atoms with van der Waals surface area (Å²) in [6, 6.07) is 21.3. The van der Waals surface area contributed by atoms with Crippen molar-refractivity contribution in [2.45, 2.75) is 43.3 Å². The van der Waals surface area contributed by atoms with Gasteiger partial charge in [-0.1, -0.05) is 31.2 Å². The van der Waals surface area contributed by atoms with E-state index >= 15 is 0 Å². The van der Waals surface area contributed by atoms with Gasteiger partial charge in [-0.2, -0.15) is 5.26 Å². The quantitative estimate of drug-likeness (QED) is 0.103. The Bertz CT molecular complexity index is 1940. The highest BCUT2D eigenvalue weighted by Gasteiger charge is 2.26. The molecule has 3 N–H and O–H groups in total. The Balaban J connectivity index is 1.34. The molecule has 12 heteroatoms. The number of anilines is 2. The maximum absolute atomic E-state index is 13.7. The Kier molecular flexibility index (Phi) is 11.8. The topological polar surface area (TPSA) is 139 Å². The fourth-order valence-corrected chi connectivity index (χ4v) is 7.86. The monoisotopic (exact) mass is 710 g/mol. The van der Waals surface area contributed by atoms with E-state index in [1.54, 1.807) is 67.6 Å². The fourth-order valence-electron chi connectivity index (χ4n) is 5.57. The van der Waals surface area contributed by atoms with Gasteiger partial charge in [0.15, 0.2) is 11.5 Å². The van der Waals surface area contributed by atoms with Gasteiger partial charge in [-0.3, -0.25) is 14.4 Å². The van der Waals surface area contributed by atoms with Crippen molar-refractivity contribution in [2.24, 2.45) is 5.92 Å². The number of benzene rings is 3. The van der Waals surface area contributed by atoms with Gasteiger partial charge in [-0.05, 0) is 91.8 Å². The van der Waals surface area contributed by atoms with Crippen molar-refractivity contribution in [3.05, 3.63) is 99.6 Å². The Hall–Kier alpha value is -5.25. The number of hydrogen-bond donors (Lipinski definition) is 3. The third-order valence-electron chi connectivity index (χ3n) is 8.16. The zero-order chi connectivity index (χ0) is 35.8. The SMILES string of the molecule is COc1cc(/C=C(/NC(=O)c2ccccc2)C(=O)Nc2cccc(SC(C)C(=O)Nc3sc4c(c3C#N)CCC(C)C4)c2)cc(OC)c1OC. The first-order valence-electron chi connectivity index (χ1n) is 16.0. The van der Waals surface area contributed by atoms with Crippen LogP contribution in [0.15, 0.2) is 77.3 Å². The standard InChI is InChI=1S/C38H38N4O6S2/c1-22-14-15-28-29(21-39)38(50-33(28)16-22)42-35(43)23(2)49-27-13-9-12-26(20-27)40-37(45)30(41-36(44)25-10-7-6-8-11-25)17-24-18-31(46-3)34(48-5)32(19-24)47-4/h6-13,17-20,22-23H,14-16H2,1-5H3,(H,40,45)(H,41,44)(H,42,43)/b30-17+. The van der Waals surface area contributed by atoms with E-state index in [0.29, 0.717) is 50.5 Å². The normalized spacial score (nSPS) is 14.4. The molecule has 10 nitrogen and oxygen atoms in total. The second kappa shape index (κ2) is 16.4. The summed E-state index contributed by atoms with van der Waals surface area (Å²) in [6.07, 6.45) is 4.32. The van der Waals surface area contributed by atoms with Gasteiger partial charge in [0.25, 0.3) is 11.8 Å². The highest BCUT2D eigenvalue weighted by molar-refractivity contribution is 8.00. The number of carbonyl (C=O) groups is 3. The van der Waals surface area contributed by atoms with Gasteiger partial charge >= 0.3 is 0 Å². The zero-order valence-electron chi connectivity index (χ0n) is 28.4. The van der Waals surface area contributed by atoms with E-state index in [4.69, 9.17) is 14.2 Å². The summed E-state index contributed by atoms with van der Waals surface area (Å²) in [5, 5.41) is 18.5. The average Bonchev–Trinajstić information content (AvgIpc) is 3.46. The summed E-state index contributed by atoms with van der Waals surface area (Å²) in [5.41, 5.74) is 2.96. The summed E-state index contributed by atoms with van der Waals surface area (Å²) >= 11 is 2.82. The molecule has 0 bridgehead atoms. The third-order valence-corrected chi connectivity index (χ3v) is 10.4. The van der Waals surface area contributed by atoms with Crippen LogP contribution in [0.2, 0.25) is 0 Å². The number of thiophene rings is 1. The van der Waals surface area contributed by atoms with Gasteiger partial charge in [0.05, 0.1) is 32.1 Å². The Labute approximate surface area is 299 Å². The van der Waals surface area contributed by atoms with Crippen molar-refractivity contribution in [1.82, 2.24) is 5.32 Å². The van der Waals surface area contributed by atoms with Crippen LogP contribution in [0.4, 0.5) is 10.7 Å². The van der Waals surface area contributed by atoms with Crippen molar-refractivity contribution < 1.29 is 28.6 Å². The number of thioether (sulfide) groups is 1. The van der Waals surface area contributed by atoms with E-state index in [2.05, 4.69) is 28.9 Å². The largest absolute Gasteiger partial charge is 0.493 e. The smallest absolute Gasteiger partial charge is 0.272 e. The number of amides is 3. The molecule has 1 heterocycles. The summed E-state index contributed by atoms with van der Waals surface area (Å²) < 4.78 is 16.4. The summed E-state index contributed by atoms with van der Waals surface area (Å²) in [6.45, 7) is 4.00. The number of rotatable bonds is 12. The lowest BCUT2D eigenvalue weighted by Crippen LogP contribution is -2.30. The van der Waals surface area contributed by atoms with Crippen LogP contribution >= 0.6 is 23.1 Å². The predicted molar refractivity (Wildman–Crippen MR) is 197 cm³/mol. The predicted octanol–water partition coefficient (Wildman–Crippen LogP) is 7.30. The molecule has 0 radical (unpaired) electrons. The minimum Gasteiger partial charge on any atom is -0.493 e. The minimum atomic E-state index is -0.573. The lowest BCUT2D eigenvalue weighted by atomic mass is 9.89. The Morgan fingerprint density at radius 3 is 2.36 bits per heavy atom. The molecule has 0 aliphatic heterocycles. The maximum atomic E-state index is 13.7. The Morgan fingerprint density at radius 2 is 1.70 bits per heavy atom. The van der Waals surface area contributed by atoms with Crippen LogP contribution in [0.5, 0.6) is 17.2 Å². The molecule has 50 heavy (non-hydrogen) atoms. The van der Waals surface area contributed by atoms with Crippen LogP contribution in [0.1, 0.15) is 52.2 Å². The fraction of sp³-hybridized carbons (Fsp3) is 0.263. The highest BCUT2D eigenvalue weighted by atomic mass is 32.2. The molecule has 3 aromatic carbocycles. The number of nitrogens with one attached hydrogen (secondary N) is 3. The van der Waals surface area contributed by atoms with Crippen LogP contribution < -0.4 is 30.2 Å². The lowest BCUT2D eigenvalue weighted by molar-refractivity contribution is -0.115. The van der Waals surface area contributed by atoms with Gasteiger partial charge in [0, 0.05) is 21.0 Å². The number of methoxy groups -OCH3 is 3. The number of nitriles is 1. The zero-order valence-corrected chi connectivity index (χ0v) is 30.1. The number of carbonyl (C=O) groups excluding carboxylic acids is 3. The van der Waals surface area contributed by atoms with Crippen LogP contribution in [0, 0.1) is 17.2 Å². The molecule has 0 fully saturated rings. The second-order valence-electron chi connectivity index (χ2n) is 11.7. The van der Waals surface area contributed by atoms with Crippen LogP contribution in [0.3, 0.4) is 0 Å². The first-order valence-corrected chi connectivity index (χ1v) is 17.6. The molecule has 0 saturated carbocycles. The van der Waals surface area contributed by atoms with E-state index in [1.807, 2.05) is 6.07 Å². The first kappa shape index (κ1) is 36.0. The number of ether oxygens (including phenoxy) is 3. The molecule has 2 unspecified atom stereocenters. The summed E-state index contributed by atoms with van der Waals surface area (Å²) in [4.78, 5) is 42.1. The van der Waals surface area contributed by atoms with Crippen molar-refractivity contribution >= 4 is 57.6 Å².